The summed E-state index contributed by atoms with van der Waals surface area (Å²) in [6, 6.07) is 7.40. The zero-order valence-corrected chi connectivity index (χ0v) is 16.0. The minimum atomic E-state index is -0.479. The van der Waals surface area contributed by atoms with Gasteiger partial charge >= 0.3 is 5.97 Å². The van der Waals surface area contributed by atoms with E-state index in [9.17, 15) is 4.79 Å². The molecule has 0 radical (unpaired) electrons. The van der Waals surface area contributed by atoms with Crippen molar-refractivity contribution < 1.29 is 9.53 Å². The fourth-order valence-electron chi connectivity index (χ4n) is 3.04. The predicted octanol–water partition coefficient (Wildman–Crippen LogP) is 4.87. The van der Waals surface area contributed by atoms with Crippen LogP contribution in [0.2, 0.25) is 10.0 Å². The van der Waals surface area contributed by atoms with E-state index in [0.29, 0.717) is 27.6 Å². The number of fused-ring (bicyclic) bond motifs is 1. The maximum absolute atomic E-state index is 11.9. The maximum atomic E-state index is 11.9. The van der Waals surface area contributed by atoms with Gasteiger partial charge in [-0.05, 0) is 49.2 Å². The Kier molecular flexibility index (Phi) is 4.76. The van der Waals surface area contributed by atoms with E-state index < -0.39 is 5.97 Å². The summed E-state index contributed by atoms with van der Waals surface area (Å²) >= 11 is 12.8. The van der Waals surface area contributed by atoms with Gasteiger partial charge in [0, 0.05) is 35.3 Å². The van der Waals surface area contributed by atoms with Crippen molar-refractivity contribution in [3.05, 3.63) is 62.4 Å². The van der Waals surface area contributed by atoms with Crippen LogP contribution in [-0.2, 0) is 18.2 Å². The number of halogens is 2. The molecule has 0 fully saturated rings. The molecule has 0 bridgehead atoms. The van der Waals surface area contributed by atoms with E-state index in [1.54, 1.807) is 12.1 Å². The van der Waals surface area contributed by atoms with Crippen LogP contribution in [0, 0.1) is 13.8 Å². The Balaban J connectivity index is 2.12. The van der Waals surface area contributed by atoms with Crippen molar-refractivity contribution in [2.24, 2.45) is 7.05 Å². The first-order valence-corrected chi connectivity index (χ1v) is 8.56. The lowest BCUT2D eigenvalue weighted by atomic mass is 10.1. The zero-order valence-electron chi connectivity index (χ0n) is 14.5. The maximum Gasteiger partial charge on any atom is 0.339 e. The summed E-state index contributed by atoms with van der Waals surface area (Å²) in [6.45, 7) is 4.05. The zero-order chi connectivity index (χ0) is 18.3. The van der Waals surface area contributed by atoms with Gasteiger partial charge in [-0.25, -0.2) is 9.78 Å². The van der Waals surface area contributed by atoms with Gasteiger partial charge in [0.1, 0.15) is 5.65 Å². The number of aromatic nitrogens is 2. The third-order valence-electron chi connectivity index (χ3n) is 4.38. The molecule has 3 rings (SSSR count). The van der Waals surface area contributed by atoms with E-state index in [0.717, 1.165) is 22.4 Å². The summed E-state index contributed by atoms with van der Waals surface area (Å²) in [5.41, 5.74) is 5.09. The minimum absolute atomic E-state index is 0.312. The number of hydrogen-bond acceptors (Lipinski definition) is 3. The molecule has 130 valence electrons. The van der Waals surface area contributed by atoms with Crippen molar-refractivity contribution in [2.45, 2.75) is 20.3 Å². The highest BCUT2D eigenvalue weighted by atomic mass is 35.5. The Bertz CT molecular complexity index is 993. The summed E-state index contributed by atoms with van der Waals surface area (Å²) < 4.78 is 6.82. The fraction of sp³-hybridized carbons (Fsp3) is 0.263. The predicted molar refractivity (Wildman–Crippen MR) is 101 cm³/mol. The van der Waals surface area contributed by atoms with Gasteiger partial charge in [-0.1, -0.05) is 23.2 Å². The molecular weight excluding hydrogens is 359 g/mol. The van der Waals surface area contributed by atoms with Crippen molar-refractivity contribution in [2.75, 3.05) is 7.11 Å². The topological polar surface area (TPSA) is 44.1 Å². The number of nitrogens with zero attached hydrogens (tertiary/aromatic N) is 2. The van der Waals surface area contributed by atoms with Crippen molar-refractivity contribution in [3.63, 3.8) is 0 Å². The van der Waals surface area contributed by atoms with Gasteiger partial charge in [0.15, 0.2) is 0 Å². The van der Waals surface area contributed by atoms with E-state index in [1.807, 2.05) is 18.5 Å². The van der Waals surface area contributed by atoms with E-state index in [4.69, 9.17) is 27.9 Å². The molecule has 0 N–H and O–H groups in total. The molecule has 0 aliphatic heterocycles. The summed E-state index contributed by atoms with van der Waals surface area (Å²) in [5.74, 6) is -0.479. The average Bonchev–Trinajstić information content (AvgIpc) is 2.88. The summed E-state index contributed by atoms with van der Waals surface area (Å²) in [7, 11) is 3.29. The highest BCUT2D eigenvalue weighted by Crippen LogP contribution is 2.32. The molecule has 0 spiro atoms. The van der Waals surface area contributed by atoms with E-state index >= 15 is 0 Å². The molecule has 6 heteroatoms. The second-order valence-corrected chi connectivity index (χ2v) is 6.85. The van der Waals surface area contributed by atoms with Gasteiger partial charge in [0.25, 0.3) is 0 Å². The van der Waals surface area contributed by atoms with Crippen LogP contribution in [0.4, 0.5) is 0 Å². The van der Waals surface area contributed by atoms with Crippen molar-refractivity contribution in [1.82, 2.24) is 9.55 Å². The standard InChI is InChI=1S/C19H18Cl2N2O2/c1-10-7-11(2)22-18-14(10)8-12(23(18)3)9-15-16(20)6-5-13(17(15)21)19(24)25-4/h5-8H,9H2,1-4H3. The lowest BCUT2D eigenvalue weighted by Crippen LogP contribution is -2.06. The molecule has 2 aromatic heterocycles. The molecule has 1 aromatic carbocycles. The number of carbonyl (C=O) groups excluding carboxylic acids is 1. The summed E-state index contributed by atoms with van der Waals surface area (Å²) in [5, 5.41) is 1.94. The highest BCUT2D eigenvalue weighted by Gasteiger charge is 2.19. The second-order valence-electron chi connectivity index (χ2n) is 6.07. The number of hydrogen-bond donors (Lipinski definition) is 0. The molecule has 3 aromatic rings. The van der Waals surface area contributed by atoms with E-state index in [-0.39, 0.29) is 0 Å². The van der Waals surface area contributed by atoms with Crippen LogP contribution in [0.15, 0.2) is 24.3 Å². The number of aryl methyl sites for hydroxylation is 3. The van der Waals surface area contributed by atoms with Gasteiger partial charge in [-0.15, -0.1) is 0 Å². The number of carbonyl (C=O) groups is 1. The normalized spacial score (nSPS) is 11.1. The van der Waals surface area contributed by atoms with Gasteiger partial charge in [0.05, 0.1) is 17.7 Å². The van der Waals surface area contributed by atoms with Crippen LogP contribution < -0.4 is 0 Å². The monoisotopic (exact) mass is 376 g/mol. The van der Waals surface area contributed by atoms with E-state index in [2.05, 4.69) is 24.0 Å². The van der Waals surface area contributed by atoms with Crippen molar-refractivity contribution in [1.29, 1.82) is 0 Å². The Morgan fingerprint density at radius 3 is 2.64 bits per heavy atom. The molecular formula is C19H18Cl2N2O2. The van der Waals surface area contributed by atoms with Crippen LogP contribution in [0.25, 0.3) is 11.0 Å². The molecule has 0 saturated carbocycles. The quantitative estimate of drug-likeness (QED) is 0.612. The summed E-state index contributed by atoms with van der Waals surface area (Å²) in [4.78, 5) is 16.5. The first-order chi connectivity index (χ1) is 11.8. The van der Waals surface area contributed by atoms with Gasteiger partial charge < -0.3 is 9.30 Å². The van der Waals surface area contributed by atoms with Crippen LogP contribution in [0.3, 0.4) is 0 Å². The van der Waals surface area contributed by atoms with Crippen LogP contribution in [0.5, 0.6) is 0 Å². The number of benzene rings is 1. The third kappa shape index (κ3) is 3.12. The largest absolute Gasteiger partial charge is 0.465 e. The van der Waals surface area contributed by atoms with Gasteiger partial charge in [-0.3, -0.25) is 0 Å². The van der Waals surface area contributed by atoms with Crippen molar-refractivity contribution >= 4 is 40.2 Å². The van der Waals surface area contributed by atoms with Crippen LogP contribution in [-0.4, -0.2) is 22.6 Å². The number of ether oxygens (including phenoxy) is 1. The molecule has 0 aliphatic carbocycles. The van der Waals surface area contributed by atoms with E-state index in [1.165, 1.54) is 12.7 Å². The smallest absolute Gasteiger partial charge is 0.339 e. The van der Waals surface area contributed by atoms with Crippen molar-refractivity contribution in [3.8, 4) is 0 Å². The Morgan fingerprint density at radius 1 is 1.24 bits per heavy atom. The summed E-state index contributed by atoms with van der Waals surface area (Å²) in [6.07, 6.45) is 0.494. The number of esters is 1. The molecule has 0 unspecified atom stereocenters. The first-order valence-electron chi connectivity index (χ1n) is 7.81. The molecule has 0 atom stereocenters. The Hall–Kier alpha value is -2.04. The number of rotatable bonds is 3. The second kappa shape index (κ2) is 6.70. The lowest BCUT2D eigenvalue weighted by molar-refractivity contribution is 0.0601. The van der Waals surface area contributed by atoms with Gasteiger partial charge in [-0.2, -0.15) is 0 Å². The molecule has 25 heavy (non-hydrogen) atoms. The van der Waals surface area contributed by atoms with Gasteiger partial charge in [0.2, 0.25) is 0 Å². The molecule has 0 amide bonds. The number of methoxy groups -OCH3 is 1. The Morgan fingerprint density at radius 2 is 1.96 bits per heavy atom. The SMILES string of the molecule is COC(=O)c1ccc(Cl)c(Cc2cc3c(C)cc(C)nc3n2C)c1Cl. The third-order valence-corrected chi connectivity index (χ3v) is 5.17. The highest BCUT2D eigenvalue weighted by molar-refractivity contribution is 6.38. The minimum Gasteiger partial charge on any atom is -0.465 e. The first kappa shape index (κ1) is 17.8. The molecule has 0 saturated heterocycles. The molecule has 2 heterocycles. The Labute approximate surface area is 156 Å². The lowest BCUT2D eigenvalue weighted by Gasteiger charge is -2.11. The average molecular weight is 377 g/mol. The number of pyridine rings is 1. The molecule has 4 nitrogen and oxygen atoms in total. The molecule has 0 aliphatic rings. The van der Waals surface area contributed by atoms with Crippen LogP contribution >= 0.6 is 23.2 Å². The fourth-order valence-corrected chi connectivity index (χ4v) is 3.62. The van der Waals surface area contributed by atoms with Crippen LogP contribution in [0.1, 0.15) is 32.9 Å².